The van der Waals surface area contributed by atoms with Crippen molar-refractivity contribution in [2.75, 3.05) is 26.7 Å². The quantitative estimate of drug-likeness (QED) is 0.346. The molecule has 1 aliphatic heterocycles. The molecule has 0 spiro atoms. The van der Waals surface area contributed by atoms with Gasteiger partial charge in [-0.1, -0.05) is 36.4 Å². The molecule has 3 aromatic carbocycles. The molecule has 1 atom stereocenters. The second kappa shape index (κ2) is 13.3. The fourth-order valence-electron chi connectivity index (χ4n) is 5.14. The lowest BCUT2D eigenvalue weighted by atomic mass is 9.92. The predicted octanol–water partition coefficient (Wildman–Crippen LogP) is 5.82. The Balaban J connectivity index is 1.58. The minimum atomic E-state index is -0.844. The van der Waals surface area contributed by atoms with Crippen LogP contribution in [0.5, 0.6) is 23.0 Å². The Morgan fingerprint density at radius 1 is 0.925 bits per heavy atom. The zero-order valence-electron chi connectivity index (χ0n) is 23.9. The highest BCUT2D eigenvalue weighted by Crippen LogP contribution is 2.35. The molecule has 212 valence electrons. The number of nitrogens with one attached hydrogen (secondary N) is 1. The number of fused-ring (bicyclic) bond motifs is 1. The number of carbonyl (C=O) groups excluding carboxylic acids is 2. The smallest absolute Gasteiger partial charge is 0.416 e. The van der Waals surface area contributed by atoms with E-state index in [0.29, 0.717) is 55.4 Å². The predicted molar refractivity (Wildman–Crippen MR) is 155 cm³/mol. The van der Waals surface area contributed by atoms with Gasteiger partial charge in [-0.2, -0.15) is 0 Å². The molecule has 1 N–H and O–H groups in total. The van der Waals surface area contributed by atoms with E-state index in [2.05, 4.69) is 37.9 Å². The van der Waals surface area contributed by atoms with Crippen LogP contribution in [0.3, 0.4) is 0 Å². The molecule has 4 rings (SSSR count). The molecule has 40 heavy (non-hydrogen) atoms. The highest BCUT2D eigenvalue weighted by molar-refractivity contribution is 5.88. The number of hydrogen-bond acceptors (Lipinski definition) is 6. The number of nitrogens with zero attached hydrogens (tertiary/aromatic N) is 2. The van der Waals surface area contributed by atoms with Crippen molar-refractivity contribution in [3.63, 3.8) is 0 Å². The number of benzene rings is 3. The molecule has 1 aliphatic rings. The third kappa shape index (κ3) is 6.93. The first-order valence-corrected chi connectivity index (χ1v) is 13.8. The van der Waals surface area contributed by atoms with Gasteiger partial charge in [0.25, 0.3) is 0 Å². The SMILES string of the molecule is COc1ccccc1OC(=O)N1CCc2cc(Oc3ccccc3)ccc2C1C(=O)NCCN(C(C)C)C(C)C. The van der Waals surface area contributed by atoms with Crippen molar-refractivity contribution in [3.8, 4) is 23.0 Å². The van der Waals surface area contributed by atoms with Crippen LogP contribution in [0.4, 0.5) is 4.79 Å². The second-order valence-corrected chi connectivity index (χ2v) is 10.4. The van der Waals surface area contributed by atoms with Gasteiger partial charge in [0.2, 0.25) is 5.91 Å². The third-order valence-corrected chi connectivity index (χ3v) is 7.07. The average Bonchev–Trinajstić information content (AvgIpc) is 2.94. The van der Waals surface area contributed by atoms with Crippen LogP contribution in [0, 0.1) is 0 Å². The van der Waals surface area contributed by atoms with E-state index in [-0.39, 0.29) is 5.91 Å². The molecular formula is C32H39N3O5. The number of hydrogen-bond donors (Lipinski definition) is 1. The van der Waals surface area contributed by atoms with Gasteiger partial charge in [0.05, 0.1) is 7.11 Å². The third-order valence-electron chi connectivity index (χ3n) is 7.07. The molecule has 1 heterocycles. The van der Waals surface area contributed by atoms with Crippen molar-refractivity contribution < 1.29 is 23.8 Å². The highest BCUT2D eigenvalue weighted by atomic mass is 16.6. The fraction of sp³-hybridized carbons (Fsp3) is 0.375. The van der Waals surface area contributed by atoms with Gasteiger partial charge in [0.15, 0.2) is 11.5 Å². The number of para-hydroxylation sites is 3. The van der Waals surface area contributed by atoms with Crippen LogP contribution in [0.2, 0.25) is 0 Å². The van der Waals surface area contributed by atoms with Crippen LogP contribution >= 0.6 is 0 Å². The normalized spacial score (nSPS) is 14.7. The van der Waals surface area contributed by atoms with Gasteiger partial charge < -0.3 is 19.5 Å². The number of ether oxygens (including phenoxy) is 3. The van der Waals surface area contributed by atoms with Gasteiger partial charge in [0, 0.05) is 31.7 Å². The summed E-state index contributed by atoms with van der Waals surface area (Å²) < 4.78 is 17.1. The minimum absolute atomic E-state index is 0.248. The van der Waals surface area contributed by atoms with E-state index < -0.39 is 12.1 Å². The number of methoxy groups -OCH3 is 1. The minimum Gasteiger partial charge on any atom is -0.493 e. The van der Waals surface area contributed by atoms with Crippen LogP contribution in [-0.2, 0) is 11.2 Å². The Morgan fingerprint density at radius 2 is 1.60 bits per heavy atom. The van der Waals surface area contributed by atoms with Gasteiger partial charge in [-0.25, -0.2) is 4.79 Å². The summed E-state index contributed by atoms with van der Waals surface area (Å²) >= 11 is 0. The van der Waals surface area contributed by atoms with Gasteiger partial charge in [0.1, 0.15) is 17.5 Å². The van der Waals surface area contributed by atoms with Crippen LogP contribution < -0.4 is 19.5 Å². The lowest BCUT2D eigenvalue weighted by molar-refractivity contribution is -0.126. The van der Waals surface area contributed by atoms with E-state index in [1.165, 1.54) is 12.0 Å². The summed E-state index contributed by atoms with van der Waals surface area (Å²) in [4.78, 5) is 31.0. The average molecular weight is 546 g/mol. The zero-order chi connectivity index (χ0) is 28.6. The molecular weight excluding hydrogens is 506 g/mol. The molecule has 8 nitrogen and oxygen atoms in total. The Kier molecular flexibility index (Phi) is 9.66. The molecule has 0 radical (unpaired) electrons. The van der Waals surface area contributed by atoms with Crippen LogP contribution in [0.1, 0.15) is 44.9 Å². The molecule has 0 aliphatic carbocycles. The Bertz CT molecular complexity index is 1290. The van der Waals surface area contributed by atoms with Crippen LogP contribution in [0.25, 0.3) is 0 Å². The number of rotatable bonds is 10. The summed E-state index contributed by atoms with van der Waals surface area (Å²) in [6.07, 6.45) is -0.0495. The summed E-state index contributed by atoms with van der Waals surface area (Å²) in [5.74, 6) is 1.91. The second-order valence-electron chi connectivity index (χ2n) is 10.4. The summed E-state index contributed by atoms with van der Waals surface area (Å²) in [6, 6.07) is 22.0. The summed E-state index contributed by atoms with van der Waals surface area (Å²) in [5, 5.41) is 3.07. The molecule has 0 saturated carbocycles. The molecule has 8 heteroatoms. The topological polar surface area (TPSA) is 80.3 Å². The monoisotopic (exact) mass is 545 g/mol. The summed E-state index contributed by atoms with van der Waals surface area (Å²) in [5.41, 5.74) is 1.71. The van der Waals surface area contributed by atoms with Crippen molar-refractivity contribution in [1.82, 2.24) is 15.1 Å². The van der Waals surface area contributed by atoms with Crippen molar-refractivity contribution in [3.05, 3.63) is 83.9 Å². The van der Waals surface area contributed by atoms with Gasteiger partial charge in [-0.15, -0.1) is 0 Å². The van der Waals surface area contributed by atoms with Gasteiger partial charge >= 0.3 is 6.09 Å². The number of amides is 2. The van der Waals surface area contributed by atoms with E-state index in [1.807, 2.05) is 48.5 Å². The van der Waals surface area contributed by atoms with Gasteiger partial charge in [-0.3, -0.25) is 14.6 Å². The largest absolute Gasteiger partial charge is 0.493 e. The molecule has 2 amide bonds. The highest BCUT2D eigenvalue weighted by Gasteiger charge is 2.37. The molecule has 3 aromatic rings. The van der Waals surface area contributed by atoms with Crippen molar-refractivity contribution in [2.24, 2.45) is 0 Å². The van der Waals surface area contributed by atoms with Gasteiger partial charge in [-0.05, 0) is 81.6 Å². The standard InChI is InChI=1S/C32H39N3O5/c1-22(2)34(23(3)4)20-18-33-31(36)30-27-16-15-26(39-25-11-7-6-8-12-25)21-24(27)17-19-35(30)32(37)40-29-14-10-9-13-28(29)38-5/h6-16,21-23,30H,17-20H2,1-5H3,(H,33,36). The summed E-state index contributed by atoms with van der Waals surface area (Å²) in [6.45, 7) is 10.1. The Hall–Kier alpha value is -4.04. The maximum absolute atomic E-state index is 13.7. The molecule has 0 fully saturated rings. The maximum atomic E-state index is 13.7. The first-order chi connectivity index (χ1) is 19.3. The first kappa shape index (κ1) is 29.0. The zero-order valence-corrected chi connectivity index (χ0v) is 23.9. The van der Waals surface area contributed by atoms with E-state index in [0.717, 1.165) is 16.9 Å². The lowest BCUT2D eigenvalue weighted by Gasteiger charge is -2.36. The lowest BCUT2D eigenvalue weighted by Crippen LogP contribution is -2.50. The first-order valence-electron chi connectivity index (χ1n) is 13.8. The Labute approximate surface area is 236 Å². The van der Waals surface area contributed by atoms with Crippen molar-refractivity contribution in [1.29, 1.82) is 0 Å². The van der Waals surface area contributed by atoms with E-state index in [9.17, 15) is 9.59 Å². The molecule has 0 bridgehead atoms. The Morgan fingerprint density at radius 3 is 2.27 bits per heavy atom. The van der Waals surface area contributed by atoms with E-state index >= 15 is 0 Å². The maximum Gasteiger partial charge on any atom is 0.416 e. The molecule has 1 unspecified atom stereocenters. The summed E-state index contributed by atoms with van der Waals surface area (Å²) in [7, 11) is 1.52. The van der Waals surface area contributed by atoms with E-state index in [4.69, 9.17) is 14.2 Å². The molecule has 0 aromatic heterocycles. The van der Waals surface area contributed by atoms with Crippen molar-refractivity contribution in [2.45, 2.75) is 52.2 Å². The van der Waals surface area contributed by atoms with E-state index in [1.54, 1.807) is 24.3 Å². The molecule has 0 saturated heterocycles. The number of carbonyl (C=O) groups is 2. The van der Waals surface area contributed by atoms with Crippen LogP contribution in [-0.4, -0.2) is 60.6 Å². The fourth-order valence-corrected chi connectivity index (χ4v) is 5.14. The van der Waals surface area contributed by atoms with Crippen molar-refractivity contribution >= 4 is 12.0 Å². The van der Waals surface area contributed by atoms with Crippen LogP contribution in [0.15, 0.2) is 72.8 Å².